The topological polar surface area (TPSA) is 112 Å². The highest BCUT2D eigenvalue weighted by Crippen LogP contribution is 2.29. The van der Waals surface area contributed by atoms with Crippen molar-refractivity contribution in [3.63, 3.8) is 0 Å². The highest BCUT2D eigenvalue weighted by atomic mass is 79.9. The normalized spacial score (nSPS) is 17.5. The van der Waals surface area contributed by atoms with Gasteiger partial charge in [-0.25, -0.2) is 0 Å². The van der Waals surface area contributed by atoms with Gasteiger partial charge in [0.15, 0.2) is 0 Å². The summed E-state index contributed by atoms with van der Waals surface area (Å²) >= 11 is 3.49. The van der Waals surface area contributed by atoms with Gasteiger partial charge < -0.3 is 15.7 Å². The Balaban J connectivity index is 1.58. The summed E-state index contributed by atoms with van der Waals surface area (Å²) in [4.78, 5) is 42.5. The number of primary amides is 1. The van der Waals surface area contributed by atoms with Crippen LogP contribution in [-0.2, 0) is 6.54 Å². The van der Waals surface area contributed by atoms with Crippen LogP contribution in [0.4, 0.5) is 0 Å². The minimum atomic E-state index is -0.654. The summed E-state index contributed by atoms with van der Waals surface area (Å²) in [5, 5.41) is 0. The van der Waals surface area contributed by atoms with E-state index in [1.807, 2.05) is 18.2 Å². The van der Waals surface area contributed by atoms with Crippen LogP contribution in [0.3, 0.4) is 0 Å². The lowest BCUT2D eigenvalue weighted by molar-refractivity contribution is 0.1000. The first-order valence-corrected chi connectivity index (χ1v) is 10.3. The highest BCUT2D eigenvalue weighted by Gasteiger charge is 2.22. The molecule has 1 fully saturated rings. The Morgan fingerprint density at radius 2 is 1.86 bits per heavy atom. The first kappa shape index (κ1) is 19.6. The fourth-order valence-corrected chi connectivity index (χ4v) is 4.52. The third-order valence-electron chi connectivity index (χ3n) is 5.44. The summed E-state index contributed by atoms with van der Waals surface area (Å²) in [5.74, 6) is -0.0571. The van der Waals surface area contributed by atoms with Crippen molar-refractivity contribution in [2.45, 2.75) is 25.3 Å². The van der Waals surface area contributed by atoms with E-state index in [4.69, 9.17) is 5.73 Å². The van der Waals surface area contributed by atoms with Gasteiger partial charge in [-0.3, -0.25) is 19.3 Å². The van der Waals surface area contributed by atoms with E-state index in [1.165, 1.54) is 5.56 Å². The number of aromatic amines is 2. The first-order chi connectivity index (χ1) is 13.9. The van der Waals surface area contributed by atoms with E-state index in [0.717, 1.165) is 36.0 Å². The summed E-state index contributed by atoms with van der Waals surface area (Å²) in [6.45, 7) is 2.49. The van der Waals surface area contributed by atoms with E-state index in [9.17, 15) is 14.4 Å². The molecular formula is C21H21BrN4O3. The Hall–Kier alpha value is -2.71. The van der Waals surface area contributed by atoms with Gasteiger partial charge in [-0.15, -0.1) is 0 Å². The van der Waals surface area contributed by atoms with Crippen molar-refractivity contribution in [3.05, 3.63) is 78.3 Å². The molecule has 3 aromatic rings. The summed E-state index contributed by atoms with van der Waals surface area (Å²) in [6.07, 6.45) is 2.14. The fraction of sp³-hybridized carbons (Fsp3) is 0.286. The van der Waals surface area contributed by atoms with Crippen LogP contribution in [0.5, 0.6) is 0 Å². The molecule has 1 atom stereocenters. The number of carbonyl (C=O) groups excluding carboxylic acids is 1. The van der Waals surface area contributed by atoms with Crippen LogP contribution in [0, 0.1) is 0 Å². The molecule has 1 aromatic heterocycles. The molecule has 1 amide bonds. The summed E-state index contributed by atoms with van der Waals surface area (Å²) in [6, 6.07) is 11.3. The molecule has 0 saturated carbocycles. The number of nitrogens with zero attached hydrogens (tertiary/aromatic N) is 1. The molecule has 2 aromatic carbocycles. The molecule has 0 bridgehead atoms. The lowest BCUT2D eigenvalue weighted by Crippen LogP contribution is -2.34. The van der Waals surface area contributed by atoms with Gasteiger partial charge in [-0.1, -0.05) is 28.1 Å². The number of aromatic nitrogens is 2. The zero-order valence-corrected chi connectivity index (χ0v) is 17.3. The SMILES string of the molecule is NC(=O)c1ccc(C2CCCN(Cc3cc(Br)cc4[nH]c(=O)c(=O)[nH]c34)C2)cc1. The monoisotopic (exact) mass is 456 g/mol. The van der Waals surface area contributed by atoms with E-state index in [-0.39, 0.29) is 0 Å². The quantitative estimate of drug-likeness (QED) is 0.523. The van der Waals surface area contributed by atoms with Gasteiger partial charge in [-0.05, 0) is 60.7 Å². The summed E-state index contributed by atoms with van der Waals surface area (Å²) in [7, 11) is 0. The maximum Gasteiger partial charge on any atom is 0.314 e. The predicted octanol–water partition coefficient (Wildman–Crippen LogP) is 2.46. The average molecular weight is 457 g/mol. The molecule has 4 N–H and O–H groups in total. The number of nitrogens with one attached hydrogen (secondary N) is 2. The molecule has 1 unspecified atom stereocenters. The van der Waals surface area contributed by atoms with Crippen molar-refractivity contribution in [1.82, 2.24) is 14.9 Å². The number of nitrogens with two attached hydrogens (primary N) is 1. The van der Waals surface area contributed by atoms with Crippen LogP contribution < -0.4 is 16.9 Å². The number of amides is 1. The van der Waals surface area contributed by atoms with Gasteiger partial charge in [0.25, 0.3) is 0 Å². The molecule has 4 rings (SSSR count). The Morgan fingerprint density at radius 1 is 1.14 bits per heavy atom. The van der Waals surface area contributed by atoms with Crippen LogP contribution >= 0.6 is 15.9 Å². The first-order valence-electron chi connectivity index (χ1n) is 9.47. The van der Waals surface area contributed by atoms with Crippen LogP contribution in [0.15, 0.2) is 50.5 Å². The van der Waals surface area contributed by atoms with Crippen molar-refractivity contribution in [2.24, 2.45) is 5.73 Å². The summed E-state index contributed by atoms with van der Waals surface area (Å²) < 4.78 is 0.846. The fourth-order valence-electron chi connectivity index (χ4n) is 4.02. The lowest BCUT2D eigenvalue weighted by Gasteiger charge is -2.33. The molecule has 1 saturated heterocycles. The van der Waals surface area contributed by atoms with E-state index in [0.29, 0.717) is 29.1 Å². The zero-order chi connectivity index (χ0) is 20.5. The van der Waals surface area contributed by atoms with Gasteiger partial charge in [0.2, 0.25) is 5.91 Å². The number of halogens is 1. The number of carbonyl (C=O) groups is 1. The molecule has 29 heavy (non-hydrogen) atoms. The van der Waals surface area contributed by atoms with E-state index in [2.05, 4.69) is 30.8 Å². The van der Waals surface area contributed by atoms with Crippen LogP contribution in [0.2, 0.25) is 0 Å². The molecule has 1 aliphatic rings. The third kappa shape index (κ3) is 4.18. The predicted molar refractivity (Wildman–Crippen MR) is 115 cm³/mol. The number of likely N-dealkylation sites (tertiary alicyclic amines) is 1. The van der Waals surface area contributed by atoms with Crippen molar-refractivity contribution in [3.8, 4) is 0 Å². The number of benzene rings is 2. The lowest BCUT2D eigenvalue weighted by atomic mass is 9.90. The number of piperidine rings is 1. The Bertz CT molecular complexity index is 1180. The Labute approximate surface area is 175 Å². The van der Waals surface area contributed by atoms with Crippen molar-refractivity contribution < 1.29 is 4.79 Å². The Kier molecular flexibility index (Phi) is 5.38. The van der Waals surface area contributed by atoms with Crippen molar-refractivity contribution in [2.75, 3.05) is 13.1 Å². The van der Waals surface area contributed by atoms with E-state index in [1.54, 1.807) is 18.2 Å². The molecule has 0 aliphatic carbocycles. The zero-order valence-electron chi connectivity index (χ0n) is 15.7. The van der Waals surface area contributed by atoms with Crippen LogP contribution in [-0.4, -0.2) is 33.9 Å². The van der Waals surface area contributed by atoms with Crippen molar-refractivity contribution in [1.29, 1.82) is 0 Å². The van der Waals surface area contributed by atoms with Gasteiger partial charge >= 0.3 is 11.1 Å². The molecule has 2 heterocycles. The van der Waals surface area contributed by atoms with Gasteiger partial charge in [-0.2, -0.15) is 0 Å². The second-order valence-electron chi connectivity index (χ2n) is 7.46. The summed E-state index contributed by atoms with van der Waals surface area (Å²) in [5.41, 5.74) is 7.95. The van der Waals surface area contributed by atoms with Crippen LogP contribution in [0.1, 0.15) is 40.2 Å². The third-order valence-corrected chi connectivity index (χ3v) is 5.90. The minimum Gasteiger partial charge on any atom is -0.366 e. The molecule has 0 spiro atoms. The second-order valence-corrected chi connectivity index (χ2v) is 8.37. The molecular weight excluding hydrogens is 436 g/mol. The average Bonchev–Trinajstić information content (AvgIpc) is 2.70. The van der Waals surface area contributed by atoms with Gasteiger partial charge in [0, 0.05) is 23.1 Å². The largest absolute Gasteiger partial charge is 0.366 e. The molecule has 1 aliphatic heterocycles. The second kappa shape index (κ2) is 7.96. The Morgan fingerprint density at radius 3 is 2.59 bits per heavy atom. The smallest absolute Gasteiger partial charge is 0.314 e. The number of fused-ring (bicyclic) bond motifs is 1. The molecule has 8 heteroatoms. The van der Waals surface area contributed by atoms with Crippen molar-refractivity contribution >= 4 is 32.9 Å². The molecule has 7 nitrogen and oxygen atoms in total. The maximum atomic E-state index is 11.8. The number of hydrogen-bond acceptors (Lipinski definition) is 4. The number of rotatable bonds is 4. The number of hydrogen-bond donors (Lipinski definition) is 3. The highest BCUT2D eigenvalue weighted by molar-refractivity contribution is 9.10. The molecule has 0 radical (unpaired) electrons. The number of H-pyrrole nitrogens is 2. The van der Waals surface area contributed by atoms with Gasteiger partial charge in [0.1, 0.15) is 0 Å². The standard InChI is InChI=1S/C21H21BrN4O3/c22-16-8-15(18-17(9-16)24-20(28)21(29)25-18)11-26-7-1-2-14(10-26)12-3-5-13(6-4-12)19(23)27/h3-6,8-9,14H,1-2,7,10-11H2,(H2,23,27)(H,24,28)(H,25,29). The van der Waals surface area contributed by atoms with Crippen LogP contribution in [0.25, 0.3) is 11.0 Å². The molecule has 150 valence electrons. The van der Waals surface area contributed by atoms with E-state index >= 15 is 0 Å². The van der Waals surface area contributed by atoms with E-state index < -0.39 is 17.0 Å². The van der Waals surface area contributed by atoms with Gasteiger partial charge in [0.05, 0.1) is 11.0 Å². The maximum absolute atomic E-state index is 11.8. The minimum absolute atomic E-state index is 0.364.